The van der Waals surface area contributed by atoms with Gasteiger partial charge < -0.3 is 19.8 Å². The maximum absolute atomic E-state index is 13.5. The Kier molecular flexibility index (Phi) is 8.80. The average Bonchev–Trinajstić information content (AvgIpc) is 4.04. The smallest absolute Gasteiger partial charge is 0.227 e. The van der Waals surface area contributed by atoms with Crippen molar-refractivity contribution in [3.8, 4) is 22.3 Å². The number of fused-ring (bicyclic) bond motifs is 2. The highest BCUT2D eigenvalue weighted by molar-refractivity contribution is 5.85. The van der Waals surface area contributed by atoms with E-state index in [2.05, 4.69) is 80.8 Å². The molecular weight excluding hydrogens is 677 g/mol. The largest absolute Gasteiger partial charge is 0.340 e. The molecule has 7 aromatic rings. The van der Waals surface area contributed by atoms with E-state index >= 15 is 0 Å². The maximum atomic E-state index is 13.5. The van der Waals surface area contributed by atoms with Gasteiger partial charge in [0, 0.05) is 37.9 Å². The summed E-state index contributed by atoms with van der Waals surface area (Å²) in [5.74, 6) is 1.63. The van der Waals surface area contributed by atoms with Crippen LogP contribution in [0.5, 0.6) is 0 Å². The van der Waals surface area contributed by atoms with Crippen molar-refractivity contribution in [2.24, 2.45) is 11.8 Å². The molecule has 0 saturated carbocycles. The minimum atomic E-state index is -0.170. The summed E-state index contributed by atoms with van der Waals surface area (Å²) < 4.78 is 3.64. The molecule has 9 rings (SSSR count). The van der Waals surface area contributed by atoms with Crippen LogP contribution in [0.3, 0.4) is 0 Å². The van der Waals surface area contributed by atoms with Crippen molar-refractivity contribution >= 4 is 33.9 Å². The molecule has 2 amide bonds. The van der Waals surface area contributed by atoms with Gasteiger partial charge in [0.25, 0.3) is 0 Å². The van der Waals surface area contributed by atoms with Gasteiger partial charge in [-0.25, -0.2) is 9.97 Å². The molecule has 3 aromatic carbocycles. The lowest BCUT2D eigenvalue weighted by Gasteiger charge is -2.26. The Morgan fingerprint density at radius 1 is 0.648 bits per heavy atom. The van der Waals surface area contributed by atoms with Crippen molar-refractivity contribution in [3.05, 3.63) is 109 Å². The number of likely N-dealkylation sites (tertiary alicyclic amines) is 2. The molecule has 0 spiro atoms. The first-order chi connectivity index (χ1) is 26.4. The third-order valence-electron chi connectivity index (χ3n) is 11.1. The predicted molar refractivity (Wildman–Crippen MR) is 207 cm³/mol. The molecule has 12 heteroatoms. The lowest BCUT2D eigenvalue weighted by atomic mass is 10.00. The first-order valence-electron chi connectivity index (χ1n) is 19.0. The van der Waals surface area contributed by atoms with Crippen LogP contribution in [0.15, 0.2) is 97.6 Å². The van der Waals surface area contributed by atoms with Crippen LogP contribution in [0.4, 0.5) is 0 Å². The van der Waals surface area contributed by atoms with E-state index in [9.17, 15) is 9.59 Å². The first kappa shape index (κ1) is 33.8. The minimum Gasteiger partial charge on any atom is -0.340 e. The fourth-order valence-electron chi connectivity index (χ4n) is 8.32. The quantitative estimate of drug-likeness (QED) is 0.154. The van der Waals surface area contributed by atoms with E-state index in [0.717, 1.165) is 94.7 Å². The number of carbonyl (C=O) groups excluding carboxylic acids is 2. The van der Waals surface area contributed by atoms with Gasteiger partial charge in [0.15, 0.2) is 0 Å². The molecule has 0 bridgehead atoms. The summed E-state index contributed by atoms with van der Waals surface area (Å²) in [7, 11) is 0. The average molecular weight is 721 g/mol. The van der Waals surface area contributed by atoms with E-state index in [1.54, 1.807) is 12.4 Å². The molecule has 2 aliphatic heterocycles. The van der Waals surface area contributed by atoms with Crippen LogP contribution < -0.4 is 0 Å². The normalized spacial score (nSPS) is 18.6. The number of rotatable bonds is 10. The van der Waals surface area contributed by atoms with E-state index < -0.39 is 0 Å². The fraction of sp³-hybridized carbons (Fsp3) is 0.333. The van der Waals surface area contributed by atoms with Crippen LogP contribution >= 0.6 is 0 Å². The molecule has 0 radical (unpaired) electrons. The number of hydrogen-bond acceptors (Lipinski definition) is 6. The molecule has 274 valence electrons. The molecule has 2 saturated heterocycles. The molecule has 4 unspecified atom stereocenters. The van der Waals surface area contributed by atoms with Gasteiger partial charge in [-0.2, -0.15) is 10.2 Å². The standard InChI is InChI=1S/C42H44N10O2/c1-27(25-49-19-5-17-43-49)41(53)51-21-3-7-37(51)39-45-33-15-13-31(23-35(33)47-39)29-9-11-30(12-10-29)32-14-16-34-36(24-32)48-40(46-34)38-8-4-22-52(38)42(54)28(2)26-50-20-6-18-44-50/h5-6,9-20,23-24,27-28,37-38H,3-4,7-8,21-22,25-26H2,1-2H3,(H,45,47)(H,46,48). The van der Waals surface area contributed by atoms with Crippen LogP contribution in [-0.4, -0.2) is 74.2 Å². The number of amides is 2. The molecule has 2 N–H and O–H groups in total. The summed E-state index contributed by atoms with van der Waals surface area (Å²) in [6.45, 7) is 6.55. The molecule has 6 heterocycles. The number of nitrogens with zero attached hydrogens (tertiary/aromatic N) is 8. The third-order valence-corrected chi connectivity index (χ3v) is 11.1. The second-order valence-electron chi connectivity index (χ2n) is 14.9. The maximum Gasteiger partial charge on any atom is 0.227 e. The lowest BCUT2D eigenvalue weighted by molar-refractivity contribution is -0.137. The predicted octanol–water partition coefficient (Wildman–Crippen LogP) is 7.17. The number of H-pyrrole nitrogens is 2. The zero-order valence-corrected chi connectivity index (χ0v) is 30.6. The van der Waals surface area contributed by atoms with Gasteiger partial charge in [-0.15, -0.1) is 0 Å². The summed E-state index contributed by atoms with van der Waals surface area (Å²) in [4.78, 5) is 47.9. The summed E-state index contributed by atoms with van der Waals surface area (Å²) in [6, 6.07) is 24.9. The summed E-state index contributed by atoms with van der Waals surface area (Å²) in [5, 5.41) is 8.56. The number of hydrogen-bond donors (Lipinski definition) is 2. The Balaban J connectivity index is 0.891. The molecule has 0 aliphatic carbocycles. The molecular formula is C42H44N10O2. The number of imidazole rings is 2. The number of carbonyl (C=O) groups is 2. The Morgan fingerprint density at radius 3 is 1.48 bits per heavy atom. The molecule has 4 atom stereocenters. The number of benzene rings is 3. The summed E-state index contributed by atoms with van der Waals surface area (Å²) >= 11 is 0. The van der Waals surface area contributed by atoms with Gasteiger partial charge in [-0.05, 0) is 84.3 Å². The van der Waals surface area contributed by atoms with E-state index in [1.165, 1.54) is 0 Å². The van der Waals surface area contributed by atoms with Crippen molar-refractivity contribution in [3.63, 3.8) is 0 Å². The molecule has 2 aliphatic rings. The molecule has 54 heavy (non-hydrogen) atoms. The van der Waals surface area contributed by atoms with Gasteiger partial charge >= 0.3 is 0 Å². The van der Waals surface area contributed by atoms with E-state index in [0.29, 0.717) is 13.1 Å². The van der Waals surface area contributed by atoms with Crippen LogP contribution in [0, 0.1) is 11.8 Å². The van der Waals surface area contributed by atoms with Crippen LogP contribution in [0.2, 0.25) is 0 Å². The lowest BCUT2D eigenvalue weighted by Crippen LogP contribution is -2.36. The Morgan fingerprint density at radius 2 is 1.07 bits per heavy atom. The highest BCUT2D eigenvalue weighted by atomic mass is 16.2. The Labute approximate surface area is 313 Å². The Hall–Kier alpha value is -6.04. The number of aromatic nitrogens is 8. The van der Waals surface area contributed by atoms with E-state index in [4.69, 9.17) is 9.97 Å². The zero-order valence-electron chi connectivity index (χ0n) is 30.6. The van der Waals surface area contributed by atoms with Crippen molar-refractivity contribution in [2.75, 3.05) is 13.1 Å². The van der Waals surface area contributed by atoms with Gasteiger partial charge in [-0.1, -0.05) is 50.2 Å². The summed E-state index contributed by atoms with van der Waals surface area (Å²) in [6.07, 6.45) is 11.0. The molecule has 2 fully saturated rings. The van der Waals surface area contributed by atoms with Crippen molar-refractivity contribution in [1.29, 1.82) is 0 Å². The van der Waals surface area contributed by atoms with Crippen LogP contribution in [0.25, 0.3) is 44.3 Å². The number of aromatic amines is 2. The first-order valence-corrected chi connectivity index (χ1v) is 19.0. The van der Waals surface area contributed by atoms with Gasteiger partial charge in [0.2, 0.25) is 11.8 Å². The topological polar surface area (TPSA) is 134 Å². The van der Waals surface area contributed by atoms with Crippen LogP contribution in [-0.2, 0) is 22.7 Å². The molecule has 4 aromatic heterocycles. The van der Waals surface area contributed by atoms with Crippen molar-refractivity contribution in [2.45, 2.75) is 64.7 Å². The summed E-state index contributed by atoms with van der Waals surface area (Å²) in [5.41, 5.74) is 8.14. The monoisotopic (exact) mass is 720 g/mol. The molecule has 12 nitrogen and oxygen atoms in total. The minimum absolute atomic E-state index is 0.0579. The highest BCUT2D eigenvalue weighted by Crippen LogP contribution is 2.36. The number of nitrogens with one attached hydrogen (secondary N) is 2. The van der Waals surface area contributed by atoms with E-state index in [1.807, 2.05) is 57.5 Å². The van der Waals surface area contributed by atoms with Crippen molar-refractivity contribution < 1.29 is 9.59 Å². The SMILES string of the molecule is CC(Cn1cccn1)C(=O)N1CCCC1c1nc2ccc(-c3ccc(-c4ccc5nc(C6CCCN6C(=O)C(C)Cn6cccn6)[nH]c5c4)cc3)cc2[nH]1. The second kappa shape index (κ2) is 14.1. The van der Waals surface area contributed by atoms with Gasteiger partial charge in [0.05, 0.1) is 59.1 Å². The highest BCUT2D eigenvalue weighted by Gasteiger charge is 2.35. The Bertz CT molecular complexity index is 2240. The van der Waals surface area contributed by atoms with Crippen molar-refractivity contribution in [1.82, 2.24) is 49.3 Å². The van der Waals surface area contributed by atoms with Crippen LogP contribution in [0.1, 0.15) is 63.3 Å². The van der Waals surface area contributed by atoms with Gasteiger partial charge in [0.1, 0.15) is 11.6 Å². The second-order valence-corrected chi connectivity index (χ2v) is 14.9. The third kappa shape index (κ3) is 6.46. The fourth-order valence-corrected chi connectivity index (χ4v) is 8.32. The van der Waals surface area contributed by atoms with E-state index in [-0.39, 0.29) is 35.7 Å². The van der Waals surface area contributed by atoms with Gasteiger partial charge in [-0.3, -0.25) is 19.0 Å². The zero-order chi connectivity index (χ0) is 36.8.